The van der Waals surface area contributed by atoms with Crippen LogP contribution in [0.1, 0.15) is 19.4 Å². The maximum atomic E-state index is 12.7. The van der Waals surface area contributed by atoms with Crippen molar-refractivity contribution in [3.8, 4) is 0 Å². The van der Waals surface area contributed by atoms with Crippen LogP contribution in [-0.4, -0.2) is 36.3 Å². The van der Waals surface area contributed by atoms with Gasteiger partial charge in [0.15, 0.2) is 0 Å². The van der Waals surface area contributed by atoms with Crippen molar-refractivity contribution in [3.63, 3.8) is 0 Å². The molecule has 0 aromatic heterocycles. The number of hydrogen-bond acceptors (Lipinski definition) is 3. The molecule has 2 rings (SSSR count). The molecule has 2 unspecified atom stereocenters. The summed E-state index contributed by atoms with van der Waals surface area (Å²) in [4.78, 5) is 0.365. The first-order valence-electron chi connectivity index (χ1n) is 6.22. The predicted molar refractivity (Wildman–Crippen MR) is 84.2 cm³/mol. The average Bonchev–Trinajstić information content (AvgIpc) is 2.26. The molecular formula is C13H18BrNO2S2. The van der Waals surface area contributed by atoms with Crippen molar-refractivity contribution in [1.29, 1.82) is 0 Å². The Balaban J connectivity index is 2.36. The third kappa shape index (κ3) is 3.35. The fourth-order valence-electron chi connectivity index (χ4n) is 2.28. The van der Waals surface area contributed by atoms with Crippen molar-refractivity contribution in [1.82, 2.24) is 4.31 Å². The maximum Gasteiger partial charge on any atom is 0.244 e. The molecule has 0 saturated carbocycles. The van der Waals surface area contributed by atoms with E-state index in [-0.39, 0.29) is 0 Å². The molecule has 1 saturated heterocycles. The van der Waals surface area contributed by atoms with E-state index in [1.807, 2.05) is 30.8 Å². The average molecular weight is 364 g/mol. The van der Waals surface area contributed by atoms with Crippen molar-refractivity contribution < 1.29 is 8.42 Å². The highest BCUT2D eigenvalue weighted by atomic mass is 79.9. The van der Waals surface area contributed by atoms with Crippen LogP contribution >= 0.6 is 27.7 Å². The Hall–Kier alpha value is -0.0400. The van der Waals surface area contributed by atoms with Crippen LogP contribution in [0, 0.1) is 6.92 Å². The molecule has 6 heteroatoms. The van der Waals surface area contributed by atoms with E-state index in [9.17, 15) is 8.42 Å². The topological polar surface area (TPSA) is 37.4 Å². The number of sulfonamides is 1. The van der Waals surface area contributed by atoms with Gasteiger partial charge in [-0.15, -0.1) is 0 Å². The minimum atomic E-state index is -3.40. The van der Waals surface area contributed by atoms with Crippen molar-refractivity contribution in [2.24, 2.45) is 0 Å². The van der Waals surface area contributed by atoms with Crippen LogP contribution in [0.2, 0.25) is 0 Å². The van der Waals surface area contributed by atoms with Crippen LogP contribution < -0.4 is 0 Å². The third-order valence-corrected chi connectivity index (χ3v) is 7.13. The maximum absolute atomic E-state index is 12.7. The van der Waals surface area contributed by atoms with Gasteiger partial charge in [0.1, 0.15) is 0 Å². The summed E-state index contributed by atoms with van der Waals surface area (Å²) < 4.78 is 27.6. The number of halogens is 1. The summed E-state index contributed by atoms with van der Waals surface area (Å²) in [5.74, 6) is 0. The van der Waals surface area contributed by atoms with Crippen molar-refractivity contribution in [2.75, 3.05) is 13.1 Å². The van der Waals surface area contributed by atoms with E-state index in [1.54, 1.807) is 10.4 Å². The third-order valence-electron chi connectivity index (χ3n) is 3.09. The van der Waals surface area contributed by atoms with Gasteiger partial charge in [-0.05, 0) is 40.5 Å². The van der Waals surface area contributed by atoms with Gasteiger partial charge in [0, 0.05) is 28.1 Å². The number of nitrogens with zero attached hydrogens (tertiary/aromatic N) is 1. The van der Waals surface area contributed by atoms with Crippen LogP contribution in [-0.2, 0) is 10.0 Å². The smallest absolute Gasteiger partial charge is 0.207 e. The Morgan fingerprint density at radius 1 is 1.26 bits per heavy atom. The Morgan fingerprint density at radius 3 is 2.37 bits per heavy atom. The fraction of sp³-hybridized carbons (Fsp3) is 0.538. The summed E-state index contributed by atoms with van der Waals surface area (Å²) in [6, 6.07) is 5.37. The largest absolute Gasteiger partial charge is 0.244 e. The zero-order valence-electron chi connectivity index (χ0n) is 11.3. The second-order valence-electron chi connectivity index (χ2n) is 5.01. The molecule has 1 aromatic carbocycles. The highest BCUT2D eigenvalue weighted by Crippen LogP contribution is 2.31. The molecule has 1 fully saturated rings. The monoisotopic (exact) mass is 363 g/mol. The molecule has 0 aliphatic carbocycles. The van der Waals surface area contributed by atoms with Gasteiger partial charge >= 0.3 is 0 Å². The highest BCUT2D eigenvalue weighted by Gasteiger charge is 2.33. The summed E-state index contributed by atoms with van der Waals surface area (Å²) in [6.45, 7) is 7.26. The fourth-order valence-corrected chi connectivity index (χ4v) is 6.57. The lowest BCUT2D eigenvalue weighted by molar-refractivity contribution is 0.404. The molecule has 1 aliphatic rings. The quantitative estimate of drug-likeness (QED) is 0.808. The minimum Gasteiger partial charge on any atom is -0.207 e. The van der Waals surface area contributed by atoms with Gasteiger partial charge in [-0.25, -0.2) is 8.42 Å². The lowest BCUT2D eigenvalue weighted by Crippen LogP contribution is -2.44. The van der Waals surface area contributed by atoms with E-state index in [0.29, 0.717) is 33.0 Å². The van der Waals surface area contributed by atoms with Crippen molar-refractivity contribution in [3.05, 3.63) is 28.2 Å². The normalized spacial score (nSPS) is 25.5. The first-order chi connectivity index (χ1) is 8.80. The van der Waals surface area contributed by atoms with Gasteiger partial charge in [0.2, 0.25) is 10.0 Å². The highest BCUT2D eigenvalue weighted by molar-refractivity contribution is 9.10. The van der Waals surface area contributed by atoms with Crippen LogP contribution in [0.4, 0.5) is 0 Å². The molecule has 2 atom stereocenters. The lowest BCUT2D eigenvalue weighted by Gasteiger charge is -2.33. The molecule has 1 aliphatic heterocycles. The Labute approximate surface area is 127 Å². The van der Waals surface area contributed by atoms with Gasteiger partial charge in [-0.2, -0.15) is 16.1 Å². The summed E-state index contributed by atoms with van der Waals surface area (Å²) in [6.07, 6.45) is 0. The second kappa shape index (κ2) is 5.76. The van der Waals surface area contributed by atoms with Crippen molar-refractivity contribution in [2.45, 2.75) is 36.2 Å². The van der Waals surface area contributed by atoms with E-state index < -0.39 is 10.0 Å². The van der Waals surface area contributed by atoms with Gasteiger partial charge in [-0.1, -0.05) is 19.9 Å². The van der Waals surface area contributed by atoms with Gasteiger partial charge in [-0.3, -0.25) is 0 Å². The van der Waals surface area contributed by atoms with Crippen LogP contribution in [0.5, 0.6) is 0 Å². The molecule has 0 spiro atoms. The molecule has 1 heterocycles. The number of hydrogen-bond donors (Lipinski definition) is 0. The van der Waals surface area contributed by atoms with Gasteiger partial charge < -0.3 is 0 Å². The molecule has 0 bridgehead atoms. The number of aryl methyl sites for hydroxylation is 1. The number of thioether (sulfide) groups is 1. The van der Waals surface area contributed by atoms with Crippen LogP contribution in [0.3, 0.4) is 0 Å². The molecule has 19 heavy (non-hydrogen) atoms. The predicted octanol–water partition coefficient (Wildman–Crippen LogP) is 3.27. The van der Waals surface area contributed by atoms with E-state index in [2.05, 4.69) is 29.8 Å². The van der Waals surface area contributed by atoms with E-state index in [1.165, 1.54) is 0 Å². The zero-order valence-corrected chi connectivity index (χ0v) is 14.5. The molecule has 106 valence electrons. The Morgan fingerprint density at radius 2 is 1.84 bits per heavy atom. The summed E-state index contributed by atoms with van der Waals surface area (Å²) in [5.41, 5.74) is 1.04. The van der Waals surface area contributed by atoms with E-state index in [4.69, 9.17) is 0 Å². The van der Waals surface area contributed by atoms with Gasteiger partial charge in [0.25, 0.3) is 0 Å². The lowest BCUT2D eigenvalue weighted by atomic mass is 10.2. The van der Waals surface area contributed by atoms with Gasteiger partial charge in [0.05, 0.1) is 4.90 Å². The second-order valence-corrected chi connectivity index (χ2v) is 9.66. The SMILES string of the molecule is Cc1ccc(S(=O)(=O)N2CC(C)SC(C)C2)c(Br)c1. The molecule has 3 nitrogen and oxygen atoms in total. The zero-order chi connectivity index (χ0) is 14.2. The summed E-state index contributed by atoms with van der Waals surface area (Å²) in [5, 5.41) is 0.672. The van der Waals surface area contributed by atoms with Crippen LogP contribution in [0.15, 0.2) is 27.6 Å². The first kappa shape index (κ1) is 15.4. The first-order valence-corrected chi connectivity index (χ1v) is 9.40. The van der Waals surface area contributed by atoms with Crippen molar-refractivity contribution >= 4 is 37.7 Å². The molecule has 0 amide bonds. The Bertz CT molecular complexity index is 564. The van der Waals surface area contributed by atoms with E-state index in [0.717, 1.165) is 5.56 Å². The molecule has 0 radical (unpaired) electrons. The summed E-state index contributed by atoms with van der Waals surface area (Å²) in [7, 11) is -3.40. The molecular weight excluding hydrogens is 346 g/mol. The number of benzene rings is 1. The molecule has 1 aromatic rings. The van der Waals surface area contributed by atoms with Crippen LogP contribution in [0.25, 0.3) is 0 Å². The molecule has 0 N–H and O–H groups in total. The standard InChI is InChI=1S/C13H18BrNO2S2/c1-9-4-5-13(12(14)6-9)19(16,17)15-7-10(2)18-11(3)8-15/h4-6,10-11H,7-8H2,1-3H3. The van der Waals surface area contributed by atoms with E-state index >= 15 is 0 Å². The Kier molecular flexibility index (Phi) is 4.65. The minimum absolute atomic E-state index is 0.336. The summed E-state index contributed by atoms with van der Waals surface area (Å²) >= 11 is 5.21. The number of rotatable bonds is 2.